The summed E-state index contributed by atoms with van der Waals surface area (Å²) in [5.74, 6) is 0.772. The van der Waals surface area contributed by atoms with Crippen LogP contribution in [0.25, 0.3) is 0 Å². The minimum absolute atomic E-state index is 0.165. The monoisotopic (exact) mass is 341 g/mol. The maximum atomic E-state index is 12.1. The molecule has 1 atom stereocenters. The van der Waals surface area contributed by atoms with E-state index in [1.165, 1.54) is 0 Å². The fraction of sp³-hybridized carbons (Fsp3) is 0.381. The zero-order chi connectivity index (χ0) is 18.3. The summed E-state index contributed by atoms with van der Waals surface area (Å²) in [6.45, 7) is 8.07. The van der Waals surface area contributed by atoms with Crippen molar-refractivity contribution in [3.8, 4) is 5.75 Å². The molecule has 0 aromatic heterocycles. The molecule has 0 saturated heterocycles. The molecule has 0 aliphatic heterocycles. The molecule has 1 unspecified atom stereocenters. The molecule has 134 valence electrons. The number of benzene rings is 2. The van der Waals surface area contributed by atoms with Crippen LogP contribution in [-0.4, -0.2) is 11.7 Å². The van der Waals surface area contributed by atoms with Gasteiger partial charge >= 0.3 is 6.09 Å². The molecular formula is C21H27NO3. The largest absolute Gasteiger partial charge is 0.489 e. The normalized spacial score (nSPS) is 12.3. The number of carbonyl (C=O) groups is 1. The van der Waals surface area contributed by atoms with Crippen molar-refractivity contribution in [3.63, 3.8) is 0 Å². The number of ether oxygens (including phenoxy) is 2. The zero-order valence-electron chi connectivity index (χ0n) is 15.4. The minimum atomic E-state index is -0.522. The Morgan fingerprint density at radius 2 is 1.68 bits per heavy atom. The van der Waals surface area contributed by atoms with E-state index in [0.717, 1.165) is 23.3 Å². The summed E-state index contributed by atoms with van der Waals surface area (Å²) in [6.07, 6.45) is 0.322. The van der Waals surface area contributed by atoms with E-state index in [0.29, 0.717) is 6.61 Å². The molecule has 0 aliphatic rings. The van der Waals surface area contributed by atoms with Crippen LogP contribution in [0.1, 0.15) is 51.3 Å². The van der Waals surface area contributed by atoms with Gasteiger partial charge in [0.25, 0.3) is 0 Å². The first-order chi connectivity index (χ1) is 11.9. The molecule has 1 amide bonds. The van der Waals surface area contributed by atoms with Gasteiger partial charge in [0.2, 0.25) is 0 Å². The van der Waals surface area contributed by atoms with E-state index in [9.17, 15) is 4.79 Å². The van der Waals surface area contributed by atoms with Crippen LogP contribution < -0.4 is 10.1 Å². The molecule has 0 radical (unpaired) electrons. The maximum Gasteiger partial charge on any atom is 0.408 e. The summed E-state index contributed by atoms with van der Waals surface area (Å²) in [5.41, 5.74) is 1.53. The average Bonchev–Trinajstić information content (AvgIpc) is 2.57. The van der Waals surface area contributed by atoms with Crippen LogP contribution in [0.15, 0.2) is 54.6 Å². The molecule has 0 saturated carbocycles. The highest BCUT2D eigenvalue weighted by Gasteiger charge is 2.21. The summed E-state index contributed by atoms with van der Waals surface area (Å²) in [4.78, 5) is 12.1. The van der Waals surface area contributed by atoms with E-state index in [2.05, 4.69) is 5.32 Å². The quantitative estimate of drug-likeness (QED) is 0.781. The van der Waals surface area contributed by atoms with Crippen molar-refractivity contribution < 1.29 is 14.3 Å². The van der Waals surface area contributed by atoms with Gasteiger partial charge in [-0.05, 0) is 38.8 Å². The molecular weight excluding hydrogens is 314 g/mol. The van der Waals surface area contributed by atoms with E-state index in [-0.39, 0.29) is 6.04 Å². The fourth-order valence-corrected chi connectivity index (χ4v) is 2.48. The van der Waals surface area contributed by atoms with Gasteiger partial charge in [-0.25, -0.2) is 4.79 Å². The van der Waals surface area contributed by atoms with Crippen molar-refractivity contribution in [2.24, 2.45) is 0 Å². The maximum absolute atomic E-state index is 12.1. The first-order valence-electron chi connectivity index (χ1n) is 8.64. The highest BCUT2D eigenvalue weighted by atomic mass is 16.6. The molecule has 0 bridgehead atoms. The van der Waals surface area contributed by atoms with Crippen LogP contribution in [-0.2, 0) is 11.3 Å². The molecule has 4 nitrogen and oxygen atoms in total. The number of rotatable bonds is 6. The van der Waals surface area contributed by atoms with Crippen LogP contribution in [0.3, 0.4) is 0 Å². The van der Waals surface area contributed by atoms with Crippen LogP contribution >= 0.6 is 0 Å². The van der Waals surface area contributed by atoms with Crippen LogP contribution in [0.2, 0.25) is 0 Å². The van der Waals surface area contributed by atoms with Gasteiger partial charge in [0, 0.05) is 5.56 Å². The first kappa shape index (κ1) is 18.8. The van der Waals surface area contributed by atoms with Gasteiger partial charge in [-0.15, -0.1) is 0 Å². The number of hydrogen-bond acceptors (Lipinski definition) is 3. The summed E-state index contributed by atoms with van der Waals surface area (Å²) < 4.78 is 11.4. The highest BCUT2D eigenvalue weighted by Crippen LogP contribution is 2.28. The molecule has 0 spiro atoms. The molecule has 2 aromatic rings. The number of carbonyl (C=O) groups excluding carboxylic acids is 1. The predicted octanol–water partition coefficient (Wildman–Crippen LogP) is 5.24. The molecule has 25 heavy (non-hydrogen) atoms. The van der Waals surface area contributed by atoms with Crippen molar-refractivity contribution >= 4 is 6.09 Å². The van der Waals surface area contributed by atoms with Crippen LogP contribution in [0.5, 0.6) is 5.75 Å². The smallest absolute Gasteiger partial charge is 0.408 e. The standard InChI is InChI=1S/C21H27NO3/c1-5-18(22-20(23)25-21(2,3)4)17-13-9-10-14-19(17)24-15-16-11-7-6-8-12-16/h6-14,18H,5,15H2,1-4H3,(H,22,23). The second kappa shape index (κ2) is 8.56. The number of amides is 1. The zero-order valence-corrected chi connectivity index (χ0v) is 15.4. The third-order valence-electron chi connectivity index (χ3n) is 3.63. The molecule has 0 heterocycles. The number of hydrogen-bond donors (Lipinski definition) is 1. The third kappa shape index (κ3) is 6.14. The van der Waals surface area contributed by atoms with Gasteiger partial charge in [0.15, 0.2) is 0 Å². The summed E-state index contributed by atoms with van der Waals surface area (Å²) in [6, 6.07) is 17.6. The van der Waals surface area contributed by atoms with Gasteiger partial charge in [-0.2, -0.15) is 0 Å². The molecule has 2 rings (SSSR count). The fourth-order valence-electron chi connectivity index (χ4n) is 2.48. The van der Waals surface area contributed by atoms with Gasteiger partial charge in [0.1, 0.15) is 18.0 Å². The van der Waals surface area contributed by atoms with Crippen molar-refractivity contribution in [1.29, 1.82) is 0 Å². The van der Waals surface area contributed by atoms with E-state index in [1.54, 1.807) is 0 Å². The van der Waals surface area contributed by atoms with Gasteiger partial charge in [-0.1, -0.05) is 55.5 Å². The summed E-state index contributed by atoms with van der Waals surface area (Å²) in [5, 5.41) is 2.94. The van der Waals surface area contributed by atoms with Crippen molar-refractivity contribution in [2.75, 3.05) is 0 Å². The predicted molar refractivity (Wildman–Crippen MR) is 99.6 cm³/mol. The van der Waals surface area contributed by atoms with Crippen molar-refractivity contribution in [3.05, 3.63) is 65.7 Å². The Kier molecular flexibility index (Phi) is 6.45. The SMILES string of the molecule is CCC(NC(=O)OC(C)(C)C)c1ccccc1OCc1ccccc1. The topological polar surface area (TPSA) is 47.6 Å². The summed E-state index contributed by atoms with van der Waals surface area (Å²) in [7, 11) is 0. The van der Waals surface area contributed by atoms with Gasteiger partial charge in [0.05, 0.1) is 6.04 Å². The van der Waals surface area contributed by atoms with Crippen LogP contribution in [0.4, 0.5) is 4.79 Å². The molecule has 1 N–H and O–H groups in total. The lowest BCUT2D eigenvalue weighted by molar-refractivity contribution is 0.0501. The van der Waals surface area contributed by atoms with Crippen LogP contribution in [0, 0.1) is 0 Å². The van der Waals surface area contributed by atoms with Gasteiger partial charge in [-0.3, -0.25) is 0 Å². The lowest BCUT2D eigenvalue weighted by Crippen LogP contribution is -2.34. The summed E-state index contributed by atoms with van der Waals surface area (Å²) >= 11 is 0. The van der Waals surface area contributed by atoms with Gasteiger partial charge < -0.3 is 14.8 Å². The Morgan fingerprint density at radius 1 is 1.04 bits per heavy atom. The lowest BCUT2D eigenvalue weighted by atomic mass is 10.0. The third-order valence-corrected chi connectivity index (χ3v) is 3.63. The highest BCUT2D eigenvalue weighted by molar-refractivity contribution is 5.68. The van der Waals surface area contributed by atoms with E-state index in [1.807, 2.05) is 82.3 Å². The first-order valence-corrected chi connectivity index (χ1v) is 8.64. The molecule has 4 heteroatoms. The molecule has 2 aromatic carbocycles. The lowest BCUT2D eigenvalue weighted by Gasteiger charge is -2.24. The number of para-hydroxylation sites is 1. The van der Waals surface area contributed by atoms with E-state index >= 15 is 0 Å². The van der Waals surface area contributed by atoms with E-state index < -0.39 is 11.7 Å². The Morgan fingerprint density at radius 3 is 2.32 bits per heavy atom. The Labute approximate surface area is 150 Å². The van der Waals surface area contributed by atoms with Crippen molar-refractivity contribution in [2.45, 2.75) is 52.4 Å². The number of alkyl carbamates (subject to hydrolysis) is 1. The van der Waals surface area contributed by atoms with Crippen molar-refractivity contribution in [1.82, 2.24) is 5.32 Å². The molecule has 0 fully saturated rings. The molecule has 0 aliphatic carbocycles. The second-order valence-corrected chi connectivity index (χ2v) is 6.92. The van der Waals surface area contributed by atoms with E-state index in [4.69, 9.17) is 9.47 Å². The minimum Gasteiger partial charge on any atom is -0.489 e. The Bertz CT molecular complexity index is 677. The second-order valence-electron chi connectivity index (χ2n) is 6.92. The average molecular weight is 341 g/mol. The number of nitrogens with one attached hydrogen (secondary N) is 1. The Balaban J connectivity index is 2.09. The Hall–Kier alpha value is -2.49.